The molecule has 0 aliphatic carbocycles. The molecule has 0 spiro atoms. The van der Waals surface area contributed by atoms with Crippen LogP contribution >= 0.6 is 11.6 Å². The highest BCUT2D eigenvalue weighted by Gasteiger charge is 2.38. The number of aryl methyl sites for hydroxylation is 8. The largest absolute Gasteiger partial charge is 0.492 e. The molecule has 8 aromatic carbocycles. The molecule has 0 radical (unpaired) electrons. The maximum absolute atomic E-state index is 12.7. The Morgan fingerprint density at radius 1 is 0.347 bits per heavy atom. The Morgan fingerprint density at radius 2 is 0.653 bits per heavy atom. The third-order valence-corrected chi connectivity index (χ3v) is 25.1. The van der Waals surface area contributed by atoms with Gasteiger partial charge in [0.2, 0.25) is 0 Å². The number of anilines is 6. The molecule has 15 rings (SSSR count). The first-order valence-corrected chi connectivity index (χ1v) is 51.5. The minimum absolute atomic E-state index is 0.0823. The number of ether oxygens (including phenoxy) is 7. The fourth-order valence-electron chi connectivity index (χ4n) is 17.0. The zero-order valence-corrected chi connectivity index (χ0v) is 92.0. The van der Waals surface area contributed by atoms with Crippen molar-refractivity contribution in [2.45, 2.75) is 205 Å². The number of alkyl halides is 12. The van der Waals surface area contributed by atoms with Crippen molar-refractivity contribution in [3.8, 4) is 11.5 Å². The van der Waals surface area contributed by atoms with Gasteiger partial charge in [-0.3, -0.25) is 4.90 Å². The van der Waals surface area contributed by atoms with Crippen LogP contribution < -0.4 is 49.5 Å². The summed E-state index contributed by atoms with van der Waals surface area (Å²) in [5, 5.41) is 7.21. The lowest BCUT2D eigenvalue weighted by Crippen LogP contribution is -2.50. The van der Waals surface area contributed by atoms with E-state index in [-0.39, 0.29) is 30.5 Å². The fraction of sp³-hybridized carbons (Fsp3) is 0.540. The van der Waals surface area contributed by atoms with E-state index in [2.05, 4.69) is 117 Å². The third kappa shape index (κ3) is 42.3. The topological polar surface area (TPSA) is 193 Å². The Morgan fingerprint density at radius 3 is 0.973 bits per heavy atom. The first kappa shape index (κ1) is 124. The van der Waals surface area contributed by atoms with E-state index >= 15 is 0 Å². The second kappa shape index (κ2) is 56.2. The number of morpholine rings is 1. The normalized spacial score (nSPS) is 16.2. The van der Waals surface area contributed by atoms with Crippen molar-refractivity contribution in [2.75, 3.05) is 227 Å². The van der Waals surface area contributed by atoms with E-state index in [0.29, 0.717) is 118 Å². The maximum atomic E-state index is 12.7. The first-order valence-electron chi connectivity index (χ1n) is 51.1. The van der Waals surface area contributed by atoms with E-state index in [4.69, 9.17) is 44.8 Å². The van der Waals surface area contributed by atoms with Gasteiger partial charge in [-0.15, -0.1) is 0 Å². The molecule has 150 heavy (non-hydrogen) atoms. The highest BCUT2D eigenvalue weighted by atomic mass is 35.5. The number of rotatable bonds is 12. The molecule has 7 fully saturated rings. The Hall–Kier alpha value is -11.5. The zero-order valence-electron chi connectivity index (χ0n) is 91.2. The van der Waals surface area contributed by atoms with Crippen LogP contribution in [0.25, 0.3) is 0 Å². The standard InChI is InChI=1S/C18H28N2O3.C17H24ClNO3.C17H23F3N2O2.C16H24N2O2.C12H15F3N2.C12H14F3NO.C11H16N2.C10H12F3N/c1-15-5-7-16(8-6-15)22-14-13-19-9-11-20(12-10-19)17(21)23-18(2,3)4;1-12-5-6-15(14(18)11-12)21-13-7-9-19(10-8-13)16(20)22-17(2,3)4;1-12-11-13(17(18,19)20)5-6-14(12)21-7-9-22(10-8-21)15(23)24-16(2,3)4;1-13-7-5-6-8-14(13)17-9-11-18(12-10-17)15(19)20-16(2,3)4;1-9-8-10(12(13,14)15)2-3-11(9)17-6-4-16-5-7-17;1-9-8-10(12(13,14)15)2-3-11(9)16-4-6-17-7-5-16;1-10-4-2-3-5-11(10)13-8-6-12-7-9-13;1-7-6-8(10(11,12)13)4-5-9(7)14(2)3/h5-8H,9-14H2,1-4H3;5-6,11,13H,7-10H2,1-4H3;5-6,11H,7-10H2,1-4H3;5-8H,9-12H2,1-4H3;2-3,8,16H,4-7H2,1H3;2-3,8H,4-7H2,1H3;2-5,12H,6-9H2,1H3;4-6H,1-3H3. The van der Waals surface area contributed by atoms with E-state index < -0.39 is 69.4 Å². The van der Waals surface area contributed by atoms with Crippen LogP contribution in [0, 0.1) is 55.4 Å². The molecular weight excluding hydrogens is 1980 g/mol. The minimum Gasteiger partial charge on any atom is -0.492 e. The van der Waals surface area contributed by atoms with Crippen molar-refractivity contribution in [3.05, 3.63) is 236 Å². The van der Waals surface area contributed by atoms with Gasteiger partial charge in [-0.1, -0.05) is 71.8 Å². The molecule has 0 bridgehead atoms. The molecule has 24 nitrogen and oxygen atoms in total. The molecule has 7 aliphatic rings. The van der Waals surface area contributed by atoms with Crippen LogP contribution in [0.4, 0.5) is 106 Å². The predicted molar refractivity (Wildman–Crippen MR) is 573 cm³/mol. The second-order valence-corrected chi connectivity index (χ2v) is 42.5. The van der Waals surface area contributed by atoms with Crippen molar-refractivity contribution in [1.82, 2.24) is 35.1 Å². The molecule has 2 N–H and O–H groups in total. The molecule has 0 unspecified atom stereocenters. The Kier molecular flexibility index (Phi) is 46.4. The van der Waals surface area contributed by atoms with Gasteiger partial charge < -0.3 is 92.8 Å². The van der Waals surface area contributed by atoms with Gasteiger partial charge in [-0.2, -0.15) is 52.7 Å². The van der Waals surface area contributed by atoms with Crippen LogP contribution in [0.3, 0.4) is 0 Å². The van der Waals surface area contributed by atoms with Crippen molar-refractivity contribution in [3.63, 3.8) is 0 Å². The van der Waals surface area contributed by atoms with Gasteiger partial charge in [-0.05, 0) is 287 Å². The van der Waals surface area contributed by atoms with Gasteiger partial charge in [-0.25, -0.2) is 19.2 Å². The number of piperidine rings is 1. The van der Waals surface area contributed by atoms with Crippen LogP contribution in [-0.4, -0.2) is 275 Å². The minimum atomic E-state index is -4.33. The number of nitrogens with zero attached hydrogens (tertiary/aromatic N) is 11. The van der Waals surface area contributed by atoms with E-state index in [0.717, 1.165) is 181 Å². The molecule has 8 aromatic rings. The summed E-state index contributed by atoms with van der Waals surface area (Å²) in [5.41, 5.74) is 9.26. The summed E-state index contributed by atoms with van der Waals surface area (Å²) in [4.78, 5) is 70.1. The lowest BCUT2D eigenvalue weighted by Gasteiger charge is -2.37. The van der Waals surface area contributed by atoms with Crippen LogP contribution in [0.1, 0.15) is 163 Å². The average Bonchev–Trinajstić information content (AvgIpc) is 0.828. The number of likely N-dealkylation sites (tertiary alicyclic amines) is 1. The van der Waals surface area contributed by atoms with Crippen molar-refractivity contribution in [1.29, 1.82) is 0 Å². The Labute approximate surface area is 884 Å². The summed E-state index contributed by atoms with van der Waals surface area (Å²) in [6, 6.07) is 46.2. The molecule has 7 heterocycles. The quantitative estimate of drug-likeness (QED) is 0.0866. The maximum Gasteiger partial charge on any atom is 0.416 e. The SMILES string of the molecule is Cc1cc(C(F)(F)F)ccc1N(C)C.Cc1cc(C(F)(F)F)ccc1N1CCN(C(=O)OC(C)(C)C)CC1.Cc1cc(C(F)(F)F)ccc1N1CCNCC1.Cc1cc(C(F)(F)F)ccc1N1CCOCC1.Cc1ccc(OC2CCN(C(=O)OC(C)(C)C)CC2)c(Cl)c1.Cc1ccc(OCCN2CCN(C(=O)OC(C)(C)C)CC2)cc1.Cc1ccccc1N1CCN(C(=O)OC(C)(C)C)CC1.Cc1ccccc1N1CCNCC1. The van der Waals surface area contributed by atoms with Gasteiger partial charge in [0.15, 0.2) is 0 Å². The van der Waals surface area contributed by atoms with Crippen LogP contribution in [0.15, 0.2) is 164 Å². The molecule has 37 heteroatoms. The van der Waals surface area contributed by atoms with Crippen LogP contribution in [-0.2, 0) is 48.4 Å². The number of para-hydroxylation sites is 2. The number of benzene rings is 8. The van der Waals surface area contributed by atoms with Crippen molar-refractivity contribution >= 4 is 70.1 Å². The summed E-state index contributed by atoms with van der Waals surface area (Å²) < 4.78 is 189. The van der Waals surface area contributed by atoms with Gasteiger partial charge in [0.1, 0.15) is 46.6 Å². The molecular formula is C113H156ClF12N13O11. The molecule has 830 valence electrons. The summed E-state index contributed by atoms with van der Waals surface area (Å²) in [6.45, 7) is 59.3. The van der Waals surface area contributed by atoms with Gasteiger partial charge in [0, 0.05) is 225 Å². The molecule has 7 aliphatic heterocycles. The van der Waals surface area contributed by atoms with Crippen molar-refractivity contribution < 1.29 is 105 Å². The number of hydrogen-bond donors (Lipinski definition) is 2. The molecule has 7 saturated heterocycles. The van der Waals surface area contributed by atoms with Crippen LogP contribution in [0.5, 0.6) is 11.5 Å². The highest BCUT2D eigenvalue weighted by molar-refractivity contribution is 6.32. The Balaban J connectivity index is 0.000000210. The number of carbonyl (C=O) groups excluding carboxylic acids is 4. The number of hydrogen-bond acceptors (Lipinski definition) is 20. The van der Waals surface area contributed by atoms with Crippen molar-refractivity contribution in [2.24, 2.45) is 0 Å². The lowest BCUT2D eigenvalue weighted by atomic mass is 10.1. The number of halogens is 13. The summed E-state index contributed by atoms with van der Waals surface area (Å²) >= 11 is 6.19. The highest BCUT2D eigenvalue weighted by Crippen LogP contribution is 2.39. The lowest BCUT2D eigenvalue weighted by molar-refractivity contribution is -0.138. The van der Waals surface area contributed by atoms with Gasteiger partial charge in [0.25, 0.3) is 0 Å². The molecule has 0 aromatic heterocycles. The van der Waals surface area contributed by atoms with E-state index in [9.17, 15) is 71.9 Å². The fourth-order valence-corrected chi connectivity index (χ4v) is 17.3. The molecule has 0 saturated carbocycles. The summed E-state index contributed by atoms with van der Waals surface area (Å²) in [6.07, 6.45) is -16.5. The Bertz CT molecular complexity index is 5450. The second-order valence-electron chi connectivity index (χ2n) is 42.1. The number of carbonyl (C=O) groups is 4. The third-order valence-electron chi connectivity index (χ3n) is 24.8. The molecule has 4 amide bonds. The number of nitrogens with one attached hydrogen (secondary N) is 2. The summed E-state index contributed by atoms with van der Waals surface area (Å²) in [7, 11) is 3.60. The van der Waals surface area contributed by atoms with E-state index in [1.807, 2.05) is 125 Å². The molecule has 0 atom stereocenters. The van der Waals surface area contributed by atoms with Gasteiger partial charge in [0.05, 0.1) is 40.5 Å². The predicted octanol–water partition coefficient (Wildman–Crippen LogP) is 24.2. The zero-order chi connectivity index (χ0) is 111. The summed E-state index contributed by atoms with van der Waals surface area (Å²) in [5.74, 6) is 1.62. The smallest absolute Gasteiger partial charge is 0.416 e. The van der Waals surface area contributed by atoms with E-state index in [1.165, 1.54) is 52.3 Å². The monoisotopic (exact) mass is 2130 g/mol. The first-order chi connectivity index (χ1) is 70.1. The van der Waals surface area contributed by atoms with E-state index in [1.54, 1.807) is 78.4 Å². The van der Waals surface area contributed by atoms with Gasteiger partial charge >= 0.3 is 49.1 Å². The van der Waals surface area contributed by atoms with Crippen LogP contribution in [0.2, 0.25) is 5.02 Å². The number of amides is 4. The average molecular weight is 2140 g/mol. The number of piperazine rings is 5.